The zero-order valence-corrected chi connectivity index (χ0v) is 21.3. The first-order valence-corrected chi connectivity index (χ1v) is 13.3. The zero-order chi connectivity index (χ0) is 26.3. The van der Waals surface area contributed by atoms with Crippen molar-refractivity contribution in [3.63, 3.8) is 0 Å². The zero-order valence-electron chi connectivity index (χ0n) is 20.4. The molecular formula is C29H29O6P. The summed E-state index contributed by atoms with van der Waals surface area (Å²) in [4.78, 5) is 37.8. The standard InChI is InChI=1S/C29H29O6P/c1-20-14-15-25(22(3)27(20)26(30)17-19-35-18-16-21(2)28(31)32)29(33)36(34,23-10-6-4-7-11-23)24-12-8-5-9-13-24/h4-15H,2,16-19H2,1,3H3,(H,31,32). The highest BCUT2D eigenvalue weighted by atomic mass is 31.2. The molecule has 0 atom stereocenters. The SMILES string of the molecule is C=C(CCOCCC(=O)c1c(C)ccc(C(=O)P(=O)(c2ccccc2)c2ccccc2)c1C)C(=O)O. The smallest absolute Gasteiger partial charge is 0.331 e. The molecule has 0 aromatic heterocycles. The van der Waals surface area contributed by atoms with E-state index in [1.807, 2.05) is 0 Å². The van der Waals surface area contributed by atoms with Crippen molar-refractivity contribution in [1.29, 1.82) is 0 Å². The van der Waals surface area contributed by atoms with E-state index in [-0.39, 0.29) is 43.0 Å². The van der Waals surface area contributed by atoms with Gasteiger partial charge >= 0.3 is 5.97 Å². The monoisotopic (exact) mass is 504 g/mol. The van der Waals surface area contributed by atoms with Crippen LogP contribution in [0.25, 0.3) is 0 Å². The molecule has 3 rings (SSSR count). The summed E-state index contributed by atoms with van der Waals surface area (Å²) in [7, 11) is -3.71. The molecule has 0 saturated heterocycles. The molecule has 0 aliphatic heterocycles. The minimum Gasteiger partial charge on any atom is -0.478 e. The summed E-state index contributed by atoms with van der Waals surface area (Å²) in [5.41, 5.74) is 1.38. The summed E-state index contributed by atoms with van der Waals surface area (Å²) in [5.74, 6) is -1.28. The Morgan fingerprint density at radius 3 is 1.89 bits per heavy atom. The number of Topliss-reactive ketones (excluding diaryl/α,β-unsaturated/α-hetero) is 1. The van der Waals surface area contributed by atoms with Gasteiger partial charge in [-0.1, -0.05) is 79.4 Å². The lowest BCUT2D eigenvalue weighted by Crippen LogP contribution is -2.23. The maximum atomic E-state index is 14.5. The summed E-state index contributed by atoms with van der Waals surface area (Å²) >= 11 is 0. The number of carboxylic acid groups (broad SMARTS) is 1. The highest BCUT2D eigenvalue weighted by Gasteiger charge is 2.37. The van der Waals surface area contributed by atoms with Crippen LogP contribution in [0.4, 0.5) is 0 Å². The quantitative estimate of drug-likeness (QED) is 0.160. The molecule has 36 heavy (non-hydrogen) atoms. The minimum atomic E-state index is -3.71. The van der Waals surface area contributed by atoms with Gasteiger partial charge in [0.2, 0.25) is 12.7 Å². The van der Waals surface area contributed by atoms with Crippen molar-refractivity contribution in [3.05, 3.63) is 107 Å². The fourth-order valence-corrected chi connectivity index (χ4v) is 6.56. The number of ketones is 1. The summed E-state index contributed by atoms with van der Waals surface area (Å²) in [6.07, 6.45) is 0.230. The second-order valence-electron chi connectivity index (χ2n) is 8.46. The number of hydrogen-bond acceptors (Lipinski definition) is 5. The summed E-state index contributed by atoms with van der Waals surface area (Å²) < 4.78 is 19.9. The lowest BCUT2D eigenvalue weighted by atomic mass is 9.94. The van der Waals surface area contributed by atoms with E-state index in [4.69, 9.17) is 9.84 Å². The van der Waals surface area contributed by atoms with Gasteiger partial charge in [0.25, 0.3) is 0 Å². The number of ether oxygens (including phenoxy) is 1. The molecule has 0 unspecified atom stereocenters. The number of carbonyl (C=O) groups excluding carboxylic acids is 2. The van der Waals surface area contributed by atoms with Crippen LogP contribution in [0.15, 0.2) is 84.9 Å². The number of aliphatic carboxylic acids is 1. The summed E-state index contributed by atoms with van der Waals surface area (Å²) in [6, 6.07) is 20.7. The fraction of sp³-hybridized carbons (Fsp3) is 0.207. The summed E-state index contributed by atoms with van der Waals surface area (Å²) in [5, 5.41) is 9.72. The second-order valence-corrected chi connectivity index (χ2v) is 11.1. The number of benzene rings is 3. The molecule has 6 nitrogen and oxygen atoms in total. The molecule has 7 heteroatoms. The first kappa shape index (κ1) is 27.0. The Kier molecular flexibility index (Phi) is 8.92. The van der Waals surface area contributed by atoms with E-state index in [0.29, 0.717) is 27.3 Å². The first-order valence-electron chi connectivity index (χ1n) is 11.6. The molecule has 0 bridgehead atoms. The van der Waals surface area contributed by atoms with E-state index < -0.39 is 18.6 Å². The van der Waals surface area contributed by atoms with Crippen LogP contribution >= 0.6 is 7.14 Å². The van der Waals surface area contributed by atoms with Crippen LogP contribution in [0.3, 0.4) is 0 Å². The van der Waals surface area contributed by atoms with Gasteiger partial charge in [-0.15, -0.1) is 0 Å². The average molecular weight is 505 g/mol. The van der Waals surface area contributed by atoms with Crippen molar-refractivity contribution in [1.82, 2.24) is 0 Å². The molecule has 0 aliphatic carbocycles. The number of rotatable bonds is 12. The lowest BCUT2D eigenvalue weighted by molar-refractivity contribution is -0.132. The van der Waals surface area contributed by atoms with Crippen molar-refractivity contribution >= 4 is 35.0 Å². The first-order chi connectivity index (χ1) is 17.2. The van der Waals surface area contributed by atoms with Gasteiger partial charge in [0, 0.05) is 40.2 Å². The molecular weight excluding hydrogens is 475 g/mol. The van der Waals surface area contributed by atoms with Crippen molar-refractivity contribution in [2.75, 3.05) is 13.2 Å². The van der Waals surface area contributed by atoms with E-state index >= 15 is 0 Å². The van der Waals surface area contributed by atoms with E-state index in [0.717, 1.165) is 0 Å². The maximum Gasteiger partial charge on any atom is 0.331 e. The van der Waals surface area contributed by atoms with E-state index in [9.17, 15) is 18.9 Å². The fourth-order valence-electron chi connectivity index (χ4n) is 4.03. The predicted octanol–water partition coefficient (Wildman–Crippen LogP) is 5.08. The van der Waals surface area contributed by atoms with E-state index in [1.165, 1.54) is 0 Å². The van der Waals surface area contributed by atoms with Crippen molar-refractivity contribution < 1.29 is 28.8 Å². The van der Waals surface area contributed by atoms with Gasteiger partial charge in [0.05, 0.1) is 13.2 Å². The molecule has 0 saturated carbocycles. The van der Waals surface area contributed by atoms with Crippen molar-refractivity contribution in [3.8, 4) is 0 Å². The number of carbonyl (C=O) groups is 3. The van der Waals surface area contributed by atoms with Gasteiger partial charge in [-0.25, -0.2) is 4.79 Å². The largest absolute Gasteiger partial charge is 0.478 e. The van der Waals surface area contributed by atoms with Crippen LogP contribution in [0.2, 0.25) is 0 Å². The Balaban J connectivity index is 1.89. The molecule has 0 heterocycles. The Morgan fingerprint density at radius 2 is 1.36 bits per heavy atom. The Labute approximate surface area is 211 Å². The van der Waals surface area contributed by atoms with Crippen LogP contribution < -0.4 is 10.6 Å². The van der Waals surface area contributed by atoms with Gasteiger partial charge in [-0.05, 0) is 25.0 Å². The topological polar surface area (TPSA) is 97.7 Å². The van der Waals surface area contributed by atoms with Gasteiger partial charge in [-0.2, -0.15) is 0 Å². The maximum absolute atomic E-state index is 14.5. The van der Waals surface area contributed by atoms with Gasteiger partial charge in [0.1, 0.15) is 0 Å². The molecule has 0 aliphatic rings. The number of carboxylic acids is 1. The van der Waals surface area contributed by atoms with Crippen LogP contribution in [-0.4, -0.2) is 35.6 Å². The van der Waals surface area contributed by atoms with Crippen molar-refractivity contribution in [2.24, 2.45) is 0 Å². The second kappa shape index (κ2) is 11.9. The predicted molar refractivity (Wildman–Crippen MR) is 141 cm³/mol. The van der Waals surface area contributed by atoms with Crippen LogP contribution in [0, 0.1) is 13.8 Å². The molecule has 1 N–H and O–H groups in total. The minimum absolute atomic E-state index is 0.0421. The third kappa shape index (κ3) is 5.78. The molecule has 0 spiro atoms. The normalized spacial score (nSPS) is 11.2. The molecule has 3 aromatic carbocycles. The van der Waals surface area contributed by atoms with Crippen molar-refractivity contribution in [2.45, 2.75) is 26.7 Å². The van der Waals surface area contributed by atoms with E-state index in [2.05, 4.69) is 6.58 Å². The molecule has 3 aromatic rings. The Morgan fingerprint density at radius 1 is 0.833 bits per heavy atom. The third-order valence-electron chi connectivity index (χ3n) is 6.03. The van der Waals surface area contributed by atoms with Crippen LogP contribution in [0.1, 0.15) is 44.7 Å². The molecule has 0 radical (unpaired) electrons. The van der Waals surface area contributed by atoms with Gasteiger partial charge < -0.3 is 14.4 Å². The van der Waals surface area contributed by atoms with Crippen LogP contribution in [-0.2, 0) is 14.1 Å². The molecule has 186 valence electrons. The summed E-state index contributed by atoms with van der Waals surface area (Å²) in [6.45, 7) is 7.19. The van der Waals surface area contributed by atoms with Gasteiger partial charge in [-0.3, -0.25) is 9.59 Å². The lowest BCUT2D eigenvalue weighted by Gasteiger charge is -2.20. The van der Waals surface area contributed by atoms with E-state index in [1.54, 1.807) is 86.6 Å². The highest BCUT2D eigenvalue weighted by molar-refractivity contribution is 7.93. The Bertz CT molecular complexity index is 1290. The third-order valence-corrected chi connectivity index (χ3v) is 8.90. The number of hydrogen-bond donors (Lipinski definition) is 1. The van der Waals surface area contributed by atoms with Gasteiger partial charge in [0.15, 0.2) is 5.78 Å². The Hall–Kier alpha value is -3.60. The highest BCUT2D eigenvalue weighted by Crippen LogP contribution is 2.47. The molecule has 0 amide bonds. The van der Waals surface area contributed by atoms with Crippen LogP contribution in [0.5, 0.6) is 0 Å². The molecule has 0 fully saturated rings. The number of aryl methyl sites for hydroxylation is 1. The average Bonchev–Trinajstić information content (AvgIpc) is 2.88.